The van der Waals surface area contributed by atoms with Gasteiger partial charge < -0.3 is 10.2 Å². The third kappa shape index (κ3) is 4.71. The minimum absolute atomic E-state index is 0.0252. The van der Waals surface area contributed by atoms with Crippen molar-refractivity contribution in [1.82, 2.24) is 10.2 Å². The van der Waals surface area contributed by atoms with Gasteiger partial charge >= 0.3 is 0 Å². The second-order valence-corrected chi connectivity index (χ2v) is 8.23. The Labute approximate surface area is 140 Å². The van der Waals surface area contributed by atoms with Crippen LogP contribution in [0.1, 0.15) is 19.8 Å². The molecule has 0 aromatic heterocycles. The largest absolute Gasteiger partial charge is 0.357 e. The van der Waals surface area contributed by atoms with E-state index in [-0.39, 0.29) is 12.3 Å². The fraction of sp³-hybridized carbons (Fsp3) is 0.533. The van der Waals surface area contributed by atoms with Gasteiger partial charge in [0.1, 0.15) is 0 Å². The van der Waals surface area contributed by atoms with Crippen LogP contribution >= 0.6 is 15.9 Å². The van der Waals surface area contributed by atoms with E-state index in [1.54, 1.807) is 24.3 Å². The van der Waals surface area contributed by atoms with Crippen molar-refractivity contribution >= 4 is 31.7 Å². The minimum atomic E-state index is -3.29. The molecule has 1 aliphatic heterocycles. The molecule has 5 nitrogen and oxygen atoms in total. The summed E-state index contributed by atoms with van der Waals surface area (Å²) in [7, 11) is -3.29. The van der Waals surface area contributed by atoms with E-state index in [1.165, 1.54) is 12.8 Å². The van der Waals surface area contributed by atoms with Crippen molar-refractivity contribution in [3.8, 4) is 0 Å². The number of rotatable bonds is 5. The molecule has 22 heavy (non-hydrogen) atoms. The fourth-order valence-electron chi connectivity index (χ4n) is 2.39. The van der Waals surface area contributed by atoms with E-state index in [2.05, 4.69) is 31.1 Å². The molecule has 0 atom stereocenters. The zero-order chi connectivity index (χ0) is 16.0. The van der Waals surface area contributed by atoms with Gasteiger partial charge in [0.05, 0.1) is 17.2 Å². The van der Waals surface area contributed by atoms with Crippen LogP contribution in [0.15, 0.2) is 38.6 Å². The molecule has 122 valence electrons. The van der Waals surface area contributed by atoms with Crippen LogP contribution < -0.4 is 5.32 Å². The number of nitrogens with one attached hydrogen (secondary N) is 1. The summed E-state index contributed by atoms with van der Waals surface area (Å²) in [6.07, 6.45) is 2.34. The van der Waals surface area contributed by atoms with Gasteiger partial charge in [-0.1, -0.05) is 15.9 Å². The van der Waals surface area contributed by atoms with Crippen LogP contribution in [-0.4, -0.2) is 51.2 Å². The number of sulfone groups is 1. The number of aliphatic imine (C=N–C) groups is 1. The number of nitrogens with zero attached hydrogens (tertiary/aromatic N) is 2. The molecule has 0 amide bonds. The Morgan fingerprint density at radius 1 is 1.27 bits per heavy atom. The number of guanidine groups is 1. The highest BCUT2D eigenvalue weighted by Crippen LogP contribution is 2.16. The molecular formula is C15H22BrN3O2S. The number of halogens is 1. The van der Waals surface area contributed by atoms with Gasteiger partial charge in [-0.05, 0) is 44.0 Å². The van der Waals surface area contributed by atoms with E-state index in [4.69, 9.17) is 0 Å². The lowest BCUT2D eigenvalue weighted by Gasteiger charge is -2.20. The van der Waals surface area contributed by atoms with Crippen LogP contribution in [0.3, 0.4) is 0 Å². The van der Waals surface area contributed by atoms with Gasteiger partial charge in [-0.2, -0.15) is 0 Å². The molecule has 0 aliphatic carbocycles. The minimum Gasteiger partial charge on any atom is -0.357 e. The summed E-state index contributed by atoms with van der Waals surface area (Å²) in [5, 5.41) is 3.23. The first-order valence-electron chi connectivity index (χ1n) is 7.54. The van der Waals surface area contributed by atoms with Crippen molar-refractivity contribution < 1.29 is 8.42 Å². The van der Waals surface area contributed by atoms with Gasteiger partial charge in [0.25, 0.3) is 0 Å². The topological polar surface area (TPSA) is 61.8 Å². The standard InChI is InChI=1S/C15H22BrN3O2S/c1-2-17-15(19-10-3-4-11-19)18-9-12-22(20,21)14-7-5-13(16)6-8-14/h5-8H,2-4,9-12H2,1H3,(H,17,18). The van der Waals surface area contributed by atoms with Gasteiger partial charge in [-0.25, -0.2) is 8.42 Å². The van der Waals surface area contributed by atoms with Crippen LogP contribution in [0.2, 0.25) is 0 Å². The van der Waals surface area contributed by atoms with Crippen LogP contribution in [0.4, 0.5) is 0 Å². The molecule has 1 N–H and O–H groups in total. The Balaban J connectivity index is 2.00. The van der Waals surface area contributed by atoms with Crippen LogP contribution in [-0.2, 0) is 9.84 Å². The molecule has 0 bridgehead atoms. The maximum absolute atomic E-state index is 12.3. The molecule has 1 fully saturated rings. The molecule has 0 unspecified atom stereocenters. The summed E-state index contributed by atoms with van der Waals surface area (Å²) in [4.78, 5) is 7.00. The molecular weight excluding hydrogens is 366 g/mol. The number of benzene rings is 1. The van der Waals surface area contributed by atoms with Crippen molar-refractivity contribution in [2.75, 3.05) is 31.9 Å². The first-order chi connectivity index (χ1) is 10.5. The molecule has 1 heterocycles. The van der Waals surface area contributed by atoms with Gasteiger partial charge in [-0.15, -0.1) is 0 Å². The lowest BCUT2D eigenvalue weighted by atomic mass is 10.4. The highest BCUT2D eigenvalue weighted by atomic mass is 79.9. The molecule has 1 aromatic carbocycles. The van der Waals surface area contributed by atoms with Gasteiger partial charge in [-0.3, -0.25) is 4.99 Å². The van der Waals surface area contributed by atoms with E-state index in [9.17, 15) is 8.42 Å². The Morgan fingerprint density at radius 3 is 2.50 bits per heavy atom. The predicted octanol–water partition coefficient (Wildman–Crippen LogP) is 2.28. The summed E-state index contributed by atoms with van der Waals surface area (Å²) in [5.41, 5.74) is 0. The Kier molecular flexibility index (Phi) is 6.26. The molecule has 2 rings (SSSR count). The summed E-state index contributed by atoms with van der Waals surface area (Å²) in [6.45, 7) is 5.06. The zero-order valence-electron chi connectivity index (χ0n) is 12.8. The SMILES string of the molecule is CCNC(=NCCS(=O)(=O)c1ccc(Br)cc1)N1CCCC1. The van der Waals surface area contributed by atoms with Gasteiger partial charge in [0.2, 0.25) is 0 Å². The third-order valence-electron chi connectivity index (χ3n) is 3.53. The molecule has 1 aliphatic rings. The number of hydrogen-bond donors (Lipinski definition) is 1. The maximum Gasteiger partial charge on any atom is 0.193 e. The normalized spacial score (nSPS) is 16.1. The average molecular weight is 388 g/mol. The molecule has 1 aromatic rings. The number of likely N-dealkylation sites (tertiary alicyclic amines) is 1. The van der Waals surface area contributed by atoms with Gasteiger partial charge in [0, 0.05) is 24.1 Å². The molecule has 0 radical (unpaired) electrons. The Bertz CT molecular complexity index is 608. The summed E-state index contributed by atoms with van der Waals surface area (Å²) < 4.78 is 25.4. The molecule has 0 spiro atoms. The lowest BCUT2D eigenvalue weighted by molar-refractivity contribution is 0.494. The number of hydrogen-bond acceptors (Lipinski definition) is 3. The quantitative estimate of drug-likeness (QED) is 0.621. The van der Waals surface area contributed by atoms with E-state index in [0.29, 0.717) is 4.90 Å². The zero-order valence-corrected chi connectivity index (χ0v) is 15.2. The van der Waals surface area contributed by atoms with Crippen LogP contribution in [0.25, 0.3) is 0 Å². The first kappa shape index (κ1) is 17.3. The van der Waals surface area contributed by atoms with Crippen molar-refractivity contribution in [3.05, 3.63) is 28.7 Å². The van der Waals surface area contributed by atoms with Crippen molar-refractivity contribution in [1.29, 1.82) is 0 Å². The highest BCUT2D eigenvalue weighted by Gasteiger charge is 2.17. The maximum atomic E-state index is 12.3. The smallest absolute Gasteiger partial charge is 0.193 e. The Morgan fingerprint density at radius 2 is 1.91 bits per heavy atom. The lowest BCUT2D eigenvalue weighted by Crippen LogP contribution is -2.39. The molecule has 7 heteroatoms. The van der Waals surface area contributed by atoms with E-state index in [0.717, 1.165) is 30.1 Å². The monoisotopic (exact) mass is 387 g/mol. The van der Waals surface area contributed by atoms with E-state index < -0.39 is 9.84 Å². The Hall–Kier alpha value is -1.08. The first-order valence-corrected chi connectivity index (χ1v) is 9.99. The summed E-state index contributed by atoms with van der Waals surface area (Å²) in [5.74, 6) is 0.850. The fourth-order valence-corrected chi connectivity index (χ4v) is 3.77. The molecule has 0 saturated carbocycles. The second-order valence-electron chi connectivity index (χ2n) is 5.20. The van der Waals surface area contributed by atoms with E-state index in [1.807, 2.05) is 6.92 Å². The van der Waals surface area contributed by atoms with Crippen LogP contribution in [0, 0.1) is 0 Å². The second kappa shape index (κ2) is 7.97. The summed E-state index contributed by atoms with van der Waals surface area (Å²) >= 11 is 3.31. The van der Waals surface area contributed by atoms with Gasteiger partial charge in [0.15, 0.2) is 15.8 Å². The highest BCUT2D eigenvalue weighted by molar-refractivity contribution is 9.10. The predicted molar refractivity (Wildman–Crippen MR) is 93.0 cm³/mol. The van der Waals surface area contributed by atoms with Crippen molar-refractivity contribution in [3.63, 3.8) is 0 Å². The summed E-state index contributed by atoms with van der Waals surface area (Å²) in [6, 6.07) is 6.72. The molecule has 1 saturated heterocycles. The average Bonchev–Trinajstić information content (AvgIpc) is 3.01. The van der Waals surface area contributed by atoms with Crippen LogP contribution in [0.5, 0.6) is 0 Å². The third-order valence-corrected chi connectivity index (χ3v) is 5.77. The van der Waals surface area contributed by atoms with Crippen molar-refractivity contribution in [2.45, 2.75) is 24.7 Å². The van der Waals surface area contributed by atoms with Crippen molar-refractivity contribution in [2.24, 2.45) is 4.99 Å². The van der Waals surface area contributed by atoms with E-state index >= 15 is 0 Å².